The number of aliphatic hydroxyl groups is 1. The lowest BCUT2D eigenvalue weighted by Gasteiger charge is -2.08. The lowest BCUT2D eigenvalue weighted by atomic mass is 10.3. The van der Waals surface area contributed by atoms with E-state index < -0.39 is 18.1 Å². The summed E-state index contributed by atoms with van der Waals surface area (Å²) in [6.45, 7) is -0.0714. The molecule has 1 heterocycles. The molecule has 1 atom stereocenters. The third-order valence-corrected chi connectivity index (χ3v) is 1.75. The summed E-state index contributed by atoms with van der Waals surface area (Å²) in [6.07, 6.45) is 1.57. The van der Waals surface area contributed by atoms with Crippen molar-refractivity contribution in [2.75, 3.05) is 6.54 Å². The van der Waals surface area contributed by atoms with Gasteiger partial charge in [-0.15, -0.1) is 0 Å². The number of nitrogens with zero attached hydrogens (tertiary/aromatic N) is 1. The fraction of sp³-hybridized carbons (Fsp3) is 0.375. The van der Waals surface area contributed by atoms with E-state index >= 15 is 0 Å². The summed E-state index contributed by atoms with van der Waals surface area (Å²) in [4.78, 5) is 21.3. The van der Waals surface area contributed by atoms with E-state index in [9.17, 15) is 9.59 Å². The van der Waals surface area contributed by atoms with Crippen molar-refractivity contribution in [2.24, 2.45) is 0 Å². The van der Waals surface area contributed by atoms with Gasteiger partial charge in [0.25, 0.3) is 0 Å². The van der Waals surface area contributed by atoms with Crippen LogP contribution in [0.4, 0.5) is 4.79 Å². The molecule has 0 aromatic carbocycles. The third-order valence-electron chi connectivity index (χ3n) is 1.75. The fourth-order valence-electron chi connectivity index (χ4n) is 0.896. The monoisotopic (exact) mass is 228 g/mol. The smallest absolute Gasteiger partial charge is 0.334 e. The Morgan fingerprint density at radius 3 is 2.81 bits per heavy atom. The molecular weight excluding hydrogens is 216 g/mol. The maximum atomic E-state index is 11.1. The van der Waals surface area contributed by atoms with Gasteiger partial charge in [0.05, 0.1) is 12.7 Å². The van der Waals surface area contributed by atoms with Crippen LogP contribution in [-0.2, 0) is 11.3 Å². The second-order valence-electron chi connectivity index (χ2n) is 3.02. The summed E-state index contributed by atoms with van der Waals surface area (Å²) in [5, 5.41) is 28.2. The molecule has 0 fully saturated rings. The van der Waals surface area contributed by atoms with Crippen LogP contribution in [0, 0.1) is 0 Å². The van der Waals surface area contributed by atoms with Crippen molar-refractivity contribution in [1.29, 1.82) is 0 Å². The molecule has 0 aliphatic heterocycles. The van der Waals surface area contributed by atoms with Gasteiger partial charge >= 0.3 is 12.0 Å². The standard InChI is InChI=1S/C8H12N4O4/c13-6(7(14)15)4-10-8(16)9-1-5-2-11-12-3-5/h2-3,6,13H,1,4H2,(H,11,12)(H,14,15)(H2,9,10,16)/t6-/m0/s1. The molecule has 5 N–H and O–H groups in total. The molecule has 1 aromatic heterocycles. The molecule has 2 amide bonds. The Bertz CT molecular complexity index is 351. The topological polar surface area (TPSA) is 127 Å². The highest BCUT2D eigenvalue weighted by molar-refractivity contribution is 5.76. The Hall–Kier alpha value is -2.09. The predicted octanol–water partition coefficient (Wildman–Crippen LogP) is -1.35. The van der Waals surface area contributed by atoms with Crippen molar-refractivity contribution in [3.05, 3.63) is 18.0 Å². The van der Waals surface area contributed by atoms with Crippen LogP contribution in [0.15, 0.2) is 12.4 Å². The Kier molecular flexibility index (Phi) is 4.28. The number of hydrogen-bond acceptors (Lipinski definition) is 4. The highest BCUT2D eigenvalue weighted by Gasteiger charge is 2.13. The average Bonchev–Trinajstić information content (AvgIpc) is 2.75. The van der Waals surface area contributed by atoms with E-state index in [1.807, 2.05) is 0 Å². The largest absolute Gasteiger partial charge is 0.479 e. The van der Waals surface area contributed by atoms with E-state index in [1.54, 1.807) is 12.4 Å². The van der Waals surface area contributed by atoms with Crippen molar-refractivity contribution in [3.8, 4) is 0 Å². The molecule has 16 heavy (non-hydrogen) atoms. The molecule has 0 aliphatic carbocycles. The SMILES string of the molecule is O=C(NCc1cn[nH]c1)NC[C@H](O)C(=O)O. The van der Waals surface area contributed by atoms with E-state index in [1.165, 1.54) is 0 Å². The normalized spacial score (nSPS) is 11.8. The molecule has 0 aliphatic rings. The van der Waals surface area contributed by atoms with Crippen LogP contribution in [-0.4, -0.2) is 45.1 Å². The van der Waals surface area contributed by atoms with Gasteiger partial charge in [-0.25, -0.2) is 9.59 Å². The number of aromatic amines is 1. The van der Waals surface area contributed by atoms with Crippen LogP contribution in [0.2, 0.25) is 0 Å². The molecule has 0 radical (unpaired) electrons. The fourth-order valence-corrected chi connectivity index (χ4v) is 0.896. The number of rotatable bonds is 5. The number of carboxylic acid groups (broad SMARTS) is 1. The van der Waals surface area contributed by atoms with Crippen LogP contribution in [0.5, 0.6) is 0 Å². The quantitative estimate of drug-likeness (QED) is 0.426. The number of aromatic nitrogens is 2. The van der Waals surface area contributed by atoms with Gasteiger partial charge < -0.3 is 20.8 Å². The Morgan fingerprint density at radius 1 is 1.50 bits per heavy atom. The predicted molar refractivity (Wildman–Crippen MR) is 52.5 cm³/mol. The zero-order chi connectivity index (χ0) is 12.0. The van der Waals surface area contributed by atoms with Gasteiger partial charge in [-0.2, -0.15) is 5.10 Å². The van der Waals surface area contributed by atoms with Crippen molar-refractivity contribution >= 4 is 12.0 Å². The van der Waals surface area contributed by atoms with Crippen molar-refractivity contribution in [3.63, 3.8) is 0 Å². The molecule has 0 saturated carbocycles. The van der Waals surface area contributed by atoms with Gasteiger partial charge in [-0.3, -0.25) is 5.10 Å². The first-order chi connectivity index (χ1) is 7.59. The molecule has 0 unspecified atom stereocenters. The molecule has 1 rings (SSSR count). The van der Waals surface area contributed by atoms with Crippen molar-refractivity contribution in [1.82, 2.24) is 20.8 Å². The third kappa shape index (κ3) is 3.96. The van der Waals surface area contributed by atoms with E-state index in [2.05, 4.69) is 20.8 Å². The van der Waals surface area contributed by atoms with Crippen molar-refractivity contribution < 1.29 is 19.8 Å². The first kappa shape index (κ1) is 12.0. The molecule has 0 spiro atoms. The van der Waals surface area contributed by atoms with Gasteiger partial charge in [-0.05, 0) is 0 Å². The minimum Gasteiger partial charge on any atom is -0.479 e. The van der Waals surface area contributed by atoms with Crippen LogP contribution in [0.1, 0.15) is 5.56 Å². The lowest BCUT2D eigenvalue weighted by Crippen LogP contribution is -2.41. The minimum atomic E-state index is -1.60. The Morgan fingerprint density at radius 2 is 2.25 bits per heavy atom. The number of carboxylic acids is 1. The van der Waals surface area contributed by atoms with Crippen molar-refractivity contribution in [2.45, 2.75) is 12.6 Å². The second kappa shape index (κ2) is 5.71. The van der Waals surface area contributed by atoms with Gasteiger partial charge in [0.2, 0.25) is 0 Å². The average molecular weight is 228 g/mol. The number of nitrogens with one attached hydrogen (secondary N) is 3. The number of amides is 2. The van der Waals surface area contributed by atoms with Gasteiger partial charge in [0, 0.05) is 18.3 Å². The molecule has 8 nitrogen and oxygen atoms in total. The van der Waals surface area contributed by atoms with E-state index in [4.69, 9.17) is 10.2 Å². The van der Waals surface area contributed by atoms with E-state index in [-0.39, 0.29) is 13.1 Å². The van der Waals surface area contributed by atoms with E-state index in [0.717, 1.165) is 5.56 Å². The summed E-state index contributed by atoms with van der Waals surface area (Å²) < 4.78 is 0. The number of H-pyrrole nitrogens is 1. The first-order valence-corrected chi connectivity index (χ1v) is 4.50. The lowest BCUT2D eigenvalue weighted by molar-refractivity contribution is -0.146. The van der Waals surface area contributed by atoms with Crippen LogP contribution >= 0.6 is 0 Å². The van der Waals surface area contributed by atoms with Gasteiger partial charge in [0.1, 0.15) is 0 Å². The zero-order valence-electron chi connectivity index (χ0n) is 8.30. The Balaban J connectivity index is 2.19. The summed E-state index contributed by atoms with van der Waals surface area (Å²) in [6, 6.07) is -0.554. The van der Waals surface area contributed by atoms with Crippen LogP contribution < -0.4 is 10.6 Å². The number of hydrogen-bond donors (Lipinski definition) is 5. The number of urea groups is 1. The molecule has 1 aromatic rings. The molecule has 8 heteroatoms. The first-order valence-electron chi connectivity index (χ1n) is 4.50. The summed E-state index contributed by atoms with van der Waals surface area (Å²) >= 11 is 0. The molecule has 0 saturated heterocycles. The zero-order valence-corrected chi connectivity index (χ0v) is 8.30. The van der Waals surface area contributed by atoms with Crippen LogP contribution in [0.25, 0.3) is 0 Å². The summed E-state index contributed by atoms with van der Waals surface area (Å²) in [5.41, 5.74) is 0.786. The van der Waals surface area contributed by atoms with Crippen LogP contribution in [0.3, 0.4) is 0 Å². The van der Waals surface area contributed by atoms with Gasteiger partial charge in [0.15, 0.2) is 6.10 Å². The molecule has 88 valence electrons. The number of aliphatic carboxylic acids is 1. The van der Waals surface area contributed by atoms with E-state index in [0.29, 0.717) is 0 Å². The molecule has 0 bridgehead atoms. The highest BCUT2D eigenvalue weighted by atomic mass is 16.4. The minimum absolute atomic E-state index is 0.269. The Labute approximate surface area is 90.7 Å². The maximum absolute atomic E-state index is 11.1. The highest BCUT2D eigenvalue weighted by Crippen LogP contribution is 1.91. The number of carbonyl (C=O) groups excluding carboxylic acids is 1. The molecular formula is C8H12N4O4. The number of carbonyl (C=O) groups is 2. The summed E-state index contributed by atoms with van der Waals surface area (Å²) in [7, 11) is 0. The maximum Gasteiger partial charge on any atom is 0.334 e. The van der Waals surface area contributed by atoms with Gasteiger partial charge in [-0.1, -0.05) is 0 Å². The second-order valence-corrected chi connectivity index (χ2v) is 3.02. The summed E-state index contributed by atoms with van der Waals surface area (Å²) in [5.74, 6) is -1.38. The number of aliphatic hydroxyl groups excluding tert-OH is 1.